The number of ether oxygens (including phenoxy) is 2. The van der Waals surface area contributed by atoms with Crippen molar-refractivity contribution in [1.82, 2.24) is 0 Å². The average molecular weight is 261 g/mol. The maximum Gasteiger partial charge on any atom is 0.338 e. The summed E-state index contributed by atoms with van der Waals surface area (Å²) in [4.78, 5) is 11.7. The first-order valence-electron chi connectivity index (χ1n) is 6.46. The number of esters is 1. The first kappa shape index (κ1) is 15.0. The van der Waals surface area contributed by atoms with E-state index in [2.05, 4.69) is 0 Å². The van der Waals surface area contributed by atoms with Crippen LogP contribution in [0.2, 0.25) is 0 Å². The minimum atomic E-state index is -0.402. The summed E-state index contributed by atoms with van der Waals surface area (Å²) in [6, 6.07) is 6.79. The fourth-order valence-electron chi connectivity index (χ4n) is 1.49. The number of benzene rings is 1. The highest BCUT2D eigenvalue weighted by Crippen LogP contribution is 2.21. The van der Waals surface area contributed by atoms with Gasteiger partial charge in [-0.1, -0.05) is 13.3 Å². The Hall–Kier alpha value is -2.02. The van der Waals surface area contributed by atoms with E-state index in [1.807, 2.05) is 26.8 Å². The van der Waals surface area contributed by atoms with E-state index in [-0.39, 0.29) is 6.10 Å². The molecule has 0 amide bonds. The first-order chi connectivity index (χ1) is 9.08. The molecular weight excluding hydrogens is 242 g/mol. The summed E-state index contributed by atoms with van der Waals surface area (Å²) in [5.41, 5.74) is 0.724. The Morgan fingerprint density at radius 3 is 2.74 bits per heavy atom. The second kappa shape index (κ2) is 7.42. The monoisotopic (exact) mass is 261 g/mol. The summed E-state index contributed by atoms with van der Waals surface area (Å²) in [6.07, 6.45) is 1.79. The molecule has 0 heterocycles. The maximum absolute atomic E-state index is 11.7. The Bertz CT molecular complexity index is 475. The SMILES string of the molecule is CCCCOC(=O)c1ccc(OC(C)C)c(C#N)c1. The molecule has 0 saturated carbocycles. The second-order valence-electron chi connectivity index (χ2n) is 4.48. The number of hydrogen-bond donors (Lipinski definition) is 0. The molecule has 0 aliphatic rings. The number of nitrogens with zero attached hydrogens (tertiary/aromatic N) is 1. The van der Waals surface area contributed by atoms with Crippen molar-refractivity contribution in [1.29, 1.82) is 5.26 Å². The van der Waals surface area contributed by atoms with E-state index in [9.17, 15) is 4.79 Å². The van der Waals surface area contributed by atoms with Crippen LogP contribution in [0, 0.1) is 11.3 Å². The van der Waals surface area contributed by atoms with Crippen LogP contribution >= 0.6 is 0 Å². The maximum atomic E-state index is 11.7. The molecule has 0 N–H and O–H groups in total. The van der Waals surface area contributed by atoms with E-state index < -0.39 is 5.97 Å². The van der Waals surface area contributed by atoms with E-state index in [1.54, 1.807) is 12.1 Å². The summed E-state index contributed by atoms with van der Waals surface area (Å²) in [5.74, 6) is 0.0867. The molecule has 0 spiro atoms. The molecule has 0 aliphatic carbocycles. The molecule has 1 rings (SSSR count). The van der Waals surface area contributed by atoms with Crippen LogP contribution in [0.3, 0.4) is 0 Å². The molecule has 0 aliphatic heterocycles. The molecular formula is C15H19NO3. The van der Waals surface area contributed by atoms with Gasteiger partial charge in [-0.3, -0.25) is 0 Å². The van der Waals surface area contributed by atoms with Gasteiger partial charge in [0.05, 0.1) is 23.8 Å². The van der Waals surface area contributed by atoms with E-state index in [0.29, 0.717) is 23.5 Å². The smallest absolute Gasteiger partial charge is 0.338 e. The van der Waals surface area contributed by atoms with Crippen molar-refractivity contribution in [3.8, 4) is 11.8 Å². The van der Waals surface area contributed by atoms with Crippen LogP contribution in [0.1, 0.15) is 49.5 Å². The van der Waals surface area contributed by atoms with Gasteiger partial charge in [-0.2, -0.15) is 5.26 Å². The third-order valence-corrected chi connectivity index (χ3v) is 2.43. The van der Waals surface area contributed by atoms with Crippen LogP contribution in [0.5, 0.6) is 5.75 Å². The van der Waals surface area contributed by atoms with Gasteiger partial charge in [-0.15, -0.1) is 0 Å². The molecule has 4 heteroatoms. The lowest BCUT2D eigenvalue weighted by molar-refractivity contribution is 0.0499. The third kappa shape index (κ3) is 4.63. The zero-order chi connectivity index (χ0) is 14.3. The Labute approximate surface area is 113 Å². The third-order valence-electron chi connectivity index (χ3n) is 2.43. The number of unbranched alkanes of at least 4 members (excludes halogenated alkanes) is 1. The van der Waals surface area contributed by atoms with E-state index in [0.717, 1.165) is 12.8 Å². The minimum absolute atomic E-state index is 0.0190. The molecule has 4 nitrogen and oxygen atoms in total. The number of hydrogen-bond acceptors (Lipinski definition) is 4. The highest BCUT2D eigenvalue weighted by atomic mass is 16.5. The van der Waals surface area contributed by atoms with Crippen LogP contribution in [-0.2, 0) is 4.74 Å². The van der Waals surface area contributed by atoms with Gasteiger partial charge in [-0.05, 0) is 38.5 Å². The van der Waals surface area contributed by atoms with E-state index in [4.69, 9.17) is 14.7 Å². The molecule has 102 valence electrons. The fourth-order valence-corrected chi connectivity index (χ4v) is 1.49. The molecule has 0 saturated heterocycles. The summed E-state index contributed by atoms with van der Waals surface area (Å²) >= 11 is 0. The average Bonchev–Trinajstić information content (AvgIpc) is 2.38. The van der Waals surface area contributed by atoms with E-state index >= 15 is 0 Å². The summed E-state index contributed by atoms with van der Waals surface area (Å²) in [6.45, 7) is 6.20. The van der Waals surface area contributed by atoms with Gasteiger partial charge in [0.25, 0.3) is 0 Å². The quantitative estimate of drug-likeness (QED) is 0.582. The van der Waals surface area contributed by atoms with Crippen molar-refractivity contribution >= 4 is 5.97 Å². The van der Waals surface area contributed by atoms with E-state index in [1.165, 1.54) is 6.07 Å². The second-order valence-corrected chi connectivity index (χ2v) is 4.48. The lowest BCUT2D eigenvalue weighted by Gasteiger charge is -2.12. The summed E-state index contributed by atoms with van der Waals surface area (Å²) in [7, 11) is 0. The van der Waals surface area contributed by atoms with Gasteiger partial charge < -0.3 is 9.47 Å². The van der Waals surface area contributed by atoms with Gasteiger partial charge in [0.15, 0.2) is 0 Å². The molecule has 0 fully saturated rings. The Balaban J connectivity index is 2.82. The molecule has 19 heavy (non-hydrogen) atoms. The molecule has 0 atom stereocenters. The Morgan fingerprint density at radius 2 is 2.16 bits per heavy atom. The molecule has 0 aromatic heterocycles. The van der Waals surface area contributed by atoms with Crippen molar-refractivity contribution in [2.45, 2.75) is 39.7 Å². The minimum Gasteiger partial charge on any atom is -0.490 e. The topological polar surface area (TPSA) is 59.3 Å². The zero-order valence-corrected chi connectivity index (χ0v) is 11.6. The lowest BCUT2D eigenvalue weighted by atomic mass is 10.1. The van der Waals surface area contributed by atoms with Gasteiger partial charge >= 0.3 is 5.97 Å². The van der Waals surface area contributed by atoms with Gasteiger partial charge in [-0.25, -0.2) is 4.79 Å². The normalized spacial score (nSPS) is 10.1. The van der Waals surface area contributed by atoms with Gasteiger partial charge in [0.2, 0.25) is 0 Å². The Kier molecular flexibility index (Phi) is 5.87. The van der Waals surface area contributed by atoms with Crippen LogP contribution in [0.4, 0.5) is 0 Å². The van der Waals surface area contributed by atoms with Crippen molar-refractivity contribution in [2.24, 2.45) is 0 Å². The van der Waals surface area contributed by atoms with Crippen LogP contribution < -0.4 is 4.74 Å². The predicted octanol–water partition coefficient (Wildman–Crippen LogP) is 3.30. The molecule has 0 bridgehead atoms. The summed E-state index contributed by atoms with van der Waals surface area (Å²) in [5, 5.41) is 9.07. The first-order valence-corrected chi connectivity index (χ1v) is 6.46. The fraction of sp³-hybridized carbons (Fsp3) is 0.467. The van der Waals surface area contributed by atoms with Crippen molar-refractivity contribution in [2.75, 3.05) is 6.61 Å². The van der Waals surface area contributed by atoms with Crippen LogP contribution in [0.25, 0.3) is 0 Å². The highest BCUT2D eigenvalue weighted by Gasteiger charge is 2.12. The van der Waals surface area contributed by atoms with Crippen LogP contribution in [-0.4, -0.2) is 18.7 Å². The Morgan fingerprint density at radius 1 is 1.42 bits per heavy atom. The molecule has 0 radical (unpaired) electrons. The number of nitriles is 1. The van der Waals surface area contributed by atoms with Gasteiger partial charge in [0.1, 0.15) is 11.8 Å². The lowest BCUT2D eigenvalue weighted by Crippen LogP contribution is -2.09. The van der Waals surface area contributed by atoms with Crippen LogP contribution in [0.15, 0.2) is 18.2 Å². The largest absolute Gasteiger partial charge is 0.490 e. The van der Waals surface area contributed by atoms with Crippen molar-refractivity contribution in [3.63, 3.8) is 0 Å². The standard InChI is InChI=1S/C15H19NO3/c1-4-5-8-18-15(17)12-6-7-14(19-11(2)3)13(9-12)10-16/h6-7,9,11H,4-5,8H2,1-3H3. The van der Waals surface area contributed by atoms with Gasteiger partial charge in [0, 0.05) is 0 Å². The summed E-state index contributed by atoms with van der Waals surface area (Å²) < 4.78 is 10.6. The van der Waals surface area contributed by atoms with Crippen molar-refractivity contribution < 1.29 is 14.3 Å². The molecule has 1 aromatic rings. The number of rotatable bonds is 6. The molecule has 1 aromatic carbocycles. The number of carbonyl (C=O) groups is 1. The van der Waals surface area contributed by atoms with Crippen molar-refractivity contribution in [3.05, 3.63) is 29.3 Å². The molecule has 0 unspecified atom stereocenters. The number of carbonyl (C=O) groups excluding carboxylic acids is 1. The predicted molar refractivity (Wildman–Crippen MR) is 72.1 cm³/mol. The zero-order valence-electron chi connectivity index (χ0n) is 11.6. The highest BCUT2D eigenvalue weighted by molar-refractivity contribution is 5.90.